The van der Waals surface area contributed by atoms with Crippen LogP contribution in [0.1, 0.15) is 27.7 Å². The minimum Gasteiger partial charge on any atom is -0.378 e. The van der Waals surface area contributed by atoms with Crippen LogP contribution in [0.5, 0.6) is 0 Å². The van der Waals surface area contributed by atoms with E-state index in [1.165, 1.54) is 6.07 Å². The Labute approximate surface area is 158 Å². The van der Waals surface area contributed by atoms with Gasteiger partial charge in [0.25, 0.3) is 5.91 Å². The Morgan fingerprint density at radius 1 is 1.00 bits per heavy atom. The highest BCUT2D eigenvalue weighted by atomic mass is 19.1. The third kappa shape index (κ3) is 3.10. The van der Waals surface area contributed by atoms with Crippen LogP contribution >= 0.6 is 0 Å². The summed E-state index contributed by atoms with van der Waals surface area (Å²) in [7, 11) is 3.99. The summed E-state index contributed by atoms with van der Waals surface area (Å²) in [5.74, 6) is -0.757. The van der Waals surface area contributed by atoms with E-state index in [1.54, 1.807) is 23.1 Å². The van der Waals surface area contributed by atoms with E-state index in [0.717, 1.165) is 16.9 Å². The molecule has 1 atom stereocenters. The number of rotatable bonds is 3. The van der Waals surface area contributed by atoms with Crippen molar-refractivity contribution in [2.45, 2.75) is 12.6 Å². The molecule has 5 heteroatoms. The van der Waals surface area contributed by atoms with E-state index in [4.69, 9.17) is 0 Å². The Kier molecular flexibility index (Phi) is 4.44. The lowest BCUT2D eigenvalue weighted by atomic mass is 9.98. The van der Waals surface area contributed by atoms with Crippen LogP contribution in [0.25, 0.3) is 0 Å². The fraction of sp³-hybridized carbons (Fsp3) is 0.227. The predicted octanol–water partition coefficient (Wildman–Crippen LogP) is 3.94. The van der Waals surface area contributed by atoms with Gasteiger partial charge in [0.15, 0.2) is 0 Å². The van der Waals surface area contributed by atoms with E-state index in [0.29, 0.717) is 13.1 Å². The number of carbonyl (C=O) groups excluding carboxylic acids is 1. The average Bonchev–Trinajstić information content (AvgIpc) is 3.16. The number of carbonyl (C=O) groups is 1. The number of anilines is 1. The molecule has 4 nitrogen and oxygen atoms in total. The highest BCUT2D eigenvalue weighted by Gasteiger charge is 2.33. The van der Waals surface area contributed by atoms with Gasteiger partial charge in [-0.1, -0.05) is 24.3 Å². The molecule has 0 fully saturated rings. The van der Waals surface area contributed by atoms with Gasteiger partial charge in [0.1, 0.15) is 5.82 Å². The van der Waals surface area contributed by atoms with Crippen LogP contribution in [0.15, 0.2) is 66.9 Å². The first kappa shape index (κ1) is 17.3. The minimum absolute atomic E-state index is 0.118. The second-order valence-corrected chi connectivity index (χ2v) is 6.99. The van der Waals surface area contributed by atoms with Crippen LogP contribution in [0, 0.1) is 5.82 Å². The molecule has 1 amide bonds. The Morgan fingerprint density at radius 2 is 1.74 bits per heavy atom. The van der Waals surface area contributed by atoms with Crippen molar-refractivity contribution in [3.8, 4) is 0 Å². The molecule has 138 valence electrons. The van der Waals surface area contributed by atoms with E-state index >= 15 is 0 Å². The third-order valence-corrected chi connectivity index (χ3v) is 5.13. The second-order valence-electron chi connectivity index (χ2n) is 6.99. The number of benzene rings is 2. The summed E-state index contributed by atoms with van der Waals surface area (Å²) < 4.78 is 16.4. The molecule has 2 heterocycles. The zero-order valence-electron chi connectivity index (χ0n) is 15.5. The van der Waals surface area contributed by atoms with Gasteiger partial charge in [-0.05, 0) is 42.0 Å². The van der Waals surface area contributed by atoms with Crippen molar-refractivity contribution in [2.24, 2.45) is 0 Å². The zero-order valence-corrected chi connectivity index (χ0v) is 15.5. The van der Waals surface area contributed by atoms with Gasteiger partial charge in [0.2, 0.25) is 0 Å². The quantitative estimate of drug-likeness (QED) is 0.705. The summed E-state index contributed by atoms with van der Waals surface area (Å²) in [5.41, 5.74) is 3.28. The fourth-order valence-corrected chi connectivity index (χ4v) is 3.70. The number of fused-ring (bicyclic) bond motifs is 1. The molecule has 0 N–H and O–H groups in total. The normalized spacial score (nSPS) is 16.1. The fourth-order valence-electron chi connectivity index (χ4n) is 3.70. The van der Waals surface area contributed by atoms with Crippen LogP contribution in [-0.2, 0) is 6.54 Å². The van der Waals surface area contributed by atoms with E-state index in [1.807, 2.05) is 61.6 Å². The molecule has 0 aliphatic carbocycles. The maximum absolute atomic E-state index is 14.2. The minimum atomic E-state index is -0.481. The van der Waals surface area contributed by atoms with Crippen molar-refractivity contribution in [1.29, 1.82) is 0 Å². The van der Waals surface area contributed by atoms with Gasteiger partial charge in [-0.25, -0.2) is 4.39 Å². The molecule has 1 aromatic heterocycles. The van der Waals surface area contributed by atoms with Crippen molar-refractivity contribution < 1.29 is 9.18 Å². The van der Waals surface area contributed by atoms with Crippen molar-refractivity contribution >= 4 is 11.6 Å². The predicted molar refractivity (Wildman–Crippen MR) is 104 cm³/mol. The number of amides is 1. The monoisotopic (exact) mass is 363 g/mol. The summed E-state index contributed by atoms with van der Waals surface area (Å²) in [6.45, 7) is 1.24. The van der Waals surface area contributed by atoms with Gasteiger partial charge in [-0.15, -0.1) is 0 Å². The molecule has 0 bridgehead atoms. The summed E-state index contributed by atoms with van der Waals surface area (Å²) >= 11 is 0. The van der Waals surface area contributed by atoms with Gasteiger partial charge in [-0.3, -0.25) is 4.79 Å². The summed E-state index contributed by atoms with van der Waals surface area (Å²) in [6.07, 6.45) is 2.03. The molecule has 3 aromatic rings. The van der Waals surface area contributed by atoms with E-state index < -0.39 is 5.82 Å². The standard InChI is InChI=1S/C22H22FN3O/c1-24(2)17-11-9-16(10-12-17)21-20-8-5-13-25(20)14-15-26(21)22(27)18-6-3-4-7-19(18)23/h3-13,21H,14-15H2,1-2H3. The molecule has 1 aliphatic rings. The van der Waals surface area contributed by atoms with Crippen LogP contribution in [0.4, 0.5) is 10.1 Å². The number of hydrogen-bond acceptors (Lipinski definition) is 2. The zero-order chi connectivity index (χ0) is 19.0. The van der Waals surface area contributed by atoms with Gasteiger partial charge in [0.05, 0.1) is 11.6 Å². The van der Waals surface area contributed by atoms with E-state index in [9.17, 15) is 9.18 Å². The Bertz CT molecular complexity index is 962. The van der Waals surface area contributed by atoms with Crippen molar-refractivity contribution in [3.05, 3.63) is 89.5 Å². The molecule has 0 saturated heterocycles. The highest BCUT2D eigenvalue weighted by Crippen LogP contribution is 2.34. The van der Waals surface area contributed by atoms with Crippen molar-refractivity contribution in [1.82, 2.24) is 9.47 Å². The van der Waals surface area contributed by atoms with Gasteiger partial charge in [0, 0.05) is 44.8 Å². The van der Waals surface area contributed by atoms with Gasteiger partial charge < -0.3 is 14.4 Å². The molecule has 27 heavy (non-hydrogen) atoms. The first-order chi connectivity index (χ1) is 13.1. The Balaban J connectivity index is 1.77. The van der Waals surface area contributed by atoms with Gasteiger partial charge in [-0.2, -0.15) is 0 Å². The summed E-state index contributed by atoms with van der Waals surface area (Å²) in [4.78, 5) is 17.0. The first-order valence-corrected chi connectivity index (χ1v) is 9.04. The molecule has 1 aliphatic heterocycles. The first-order valence-electron chi connectivity index (χ1n) is 9.04. The molecule has 4 rings (SSSR count). The lowest BCUT2D eigenvalue weighted by Crippen LogP contribution is -2.42. The number of aromatic nitrogens is 1. The highest BCUT2D eigenvalue weighted by molar-refractivity contribution is 5.95. The number of nitrogens with zero attached hydrogens (tertiary/aromatic N) is 3. The average molecular weight is 363 g/mol. The maximum Gasteiger partial charge on any atom is 0.257 e. The summed E-state index contributed by atoms with van der Waals surface area (Å²) in [6, 6.07) is 18.2. The molecular weight excluding hydrogens is 341 g/mol. The largest absolute Gasteiger partial charge is 0.378 e. The Morgan fingerprint density at radius 3 is 2.44 bits per heavy atom. The van der Waals surface area contributed by atoms with Crippen molar-refractivity contribution in [2.75, 3.05) is 25.5 Å². The molecular formula is C22H22FN3O. The topological polar surface area (TPSA) is 28.5 Å². The molecule has 0 spiro atoms. The lowest BCUT2D eigenvalue weighted by Gasteiger charge is -2.37. The van der Waals surface area contributed by atoms with E-state index in [2.05, 4.69) is 4.57 Å². The second kappa shape index (κ2) is 6.91. The maximum atomic E-state index is 14.2. The number of hydrogen-bond donors (Lipinski definition) is 0. The summed E-state index contributed by atoms with van der Waals surface area (Å²) in [5, 5.41) is 0. The number of halogens is 1. The van der Waals surface area contributed by atoms with Crippen LogP contribution in [0.3, 0.4) is 0 Å². The molecule has 0 radical (unpaired) electrons. The van der Waals surface area contributed by atoms with Crippen LogP contribution in [-0.4, -0.2) is 36.0 Å². The molecule has 2 aromatic carbocycles. The van der Waals surface area contributed by atoms with Crippen LogP contribution < -0.4 is 4.90 Å². The smallest absolute Gasteiger partial charge is 0.257 e. The SMILES string of the molecule is CN(C)c1ccc(C2c3cccn3CCN2C(=O)c2ccccc2F)cc1. The molecule has 1 unspecified atom stereocenters. The molecule has 0 saturated carbocycles. The van der Waals surface area contributed by atoms with Gasteiger partial charge >= 0.3 is 0 Å². The third-order valence-electron chi connectivity index (χ3n) is 5.13. The lowest BCUT2D eigenvalue weighted by molar-refractivity contribution is 0.0659. The Hall–Kier alpha value is -3.08. The van der Waals surface area contributed by atoms with E-state index in [-0.39, 0.29) is 17.5 Å². The van der Waals surface area contributed by atoms with Crippen LogP contribution in [0.2, 0.25) is 0 Å². The van der Waals surface area contributed by atoms with Crippen molar-refractivity contribution in [3.63, 3.8) is 0 Å².